The number of aryl methyl sites for hydroxylation is 2. The third kappa shape index (κ3) is 2.40. The fourth-order valence-corrected chi connectivity index (χ4v) is 2.69. The molecule has 2 atom stereocenters. The number of nitrogens with one attached hydrogen (secondary N) is 1. The molecular formula is C14H21N. The van der Waals surface area contributed by atoms with Gasteiger partial charge >= 0.3 is 0 Å². The maximum Gasteiger partial charge on any atom is 0.0346 e. The predicted octanol–water partition coefficient (Wildman–Crippen LogP) is 3.36. The molecule has 1 heterocycles. The molecule has 1 aromatic carbocycles. The lowest BCUT2D eigenvalue weighted by atomic mass is 9.87. The van der Waals surface area contributed by atoms with Gasteiger partial charge in [0.2, 0.25) is 0 Å². The van der Waals surface area contributed by atoms with Crippen molar-refractivity contribution in [1.29, 1.82) is 0 Å². The predicted molar refractivity (Wildman–Crippen MR) is 65.1 cm³/mol. The highest BCUT2D eigenvalue weighted by molar-refractivity contribution is 5.31. The van der Waals surface area contributed by atoms with E-state index in [4.69, 9.17) is 0 Å². The molecule has 1 fully saturated rings. The van der Waals surface area contributed by atoms with Gasteiger partial charge in [0.1, 0.15) is 0 Å². The maximum absolute atomic E-state index is 3.64. The van der Waals surface area contributed by atoms with Gasteiger partial charge in [-0.25, -0.2) is 0 Å². The summed E-state index contributed by atoms with van der Waals surface area (Å²) in [4.78, 5) is 0. The van der Waals surface area contributed by atoms with Crippen LogP contribution in [0.4, 0.5) is 0 Å². The minimum Gasteiger partial charge on any atom is -0.310 e. The highest BCUT2D eigenvalue weighted by Crippen LogP contribution is 2.29. The van der Waals surface area contributed by atoms with E-state index in [1.807, 2.05) is 0 Å². The minimum atomic E-state index is 0.567. The van der Waals surface area contributed by atoms with Crippen molar-refractivity contribution >= 4 is 0 Å². The van der Waals surface area contributed by atoms with Crippen LogP contribution >= 0.6 is 0 Å². The van der Waals surface area contributed by atoms with Crippen molar-refractivity contribution in [2.24, 2.45) is 5.92 Å². The lowest BCUT2D eigenvalue weighted by Crippen LogP contribution is -2.32. The van der Waals surface area contributed by atoms with Crippen LogP contribution in [0, 0.1) is 19.8 Å². The molecule has 0 amide bonds. The molecule has 1 aliphatic rings. The molecule has 1 nitrogen and oxygen atoms in total. The molecule has 0 bridgehead atoms. The van der Waals surface area contributed by atoms with E-state index in [0.29, 0.717) is 6.04 Å². The van der Waals surface area contributed by atoms with Crippen molar-refractivity contribution in [2.75, 3.05) is 6.54 Å². The summed E-state index contributed by atoms with van der Waals surface area (Å²) in [7, 11) is 0. The lowest BCUT2D eigenvalue weighted by Gasteiger charge is -2.31. The zero-order valence-corrected chi connectivity index (χ0v) is 10.0. The van der Waals surface area contributed by atoms with Gasteiger partial charge in [-0.1, -0.05) is 36.2 Å². The van der Waals surface area contributed by atoms with E-state index < -0.39 is 0 Å². The van der Waals surface area contributed by atoms with E-state index in [1.54, 1.807) is 0 Å². The van der Waals surface area contributed by atoms with Crippen molar-refractivity contribution in [3.63, 3.8) is 0 Å². The summed E-state index contributed by atoms with van der Waals surface area (Å²) in [6.07, 6.45) is 2.67. The van der Waals surface area contributed by atoms with Gasteiger partial charge in [0.05, 0.1) is 0 Å². The summed E-state index contributed by atoms with van der Waals surface area (Å²) in [5.74, 6) is 0.764. The van der Waals surface area contributed by atoms with E-state index in [1.165, 1.54) is 36.1 Å². The first kappa shape index (κ1) is 10.7. The molecule has 2 rings (SSSR count). The molecule has 1 heteroatoms. The van der Waals surface area contributed by atoms with Crippen molar-refractivity contribution in [1.82, 2.24) is 5.32 Å². The monoisotopic (exact) mass is 203 g/mol. The van der Waals surface area contributed by atoms with Crippen LogP contribution in [0.3, 0.4) is 0 Å². The summed E-state index contributed by atoms with van der Waals surface area (Å²) >= 11 is 0. The topological polar surface area (TPSA) is 12.0 Å². The van der Waals surface area contributed by atoms with E-state index in [-0.39, 0.29) is 0 Å². The summed E-state index contributed by atoms with van der Waals surface area (Å²) in [5, 5.41) is 3.64. The third-order valence-electron chi connectivity index (χ3n) is 3.37. The van der Waals surface area contributed by atoms with Gasteiger partial charge in [-0.2, -0.15) is 0 Å². The van der Waals surface area contributed by atoms with E-state index >= 15 is 0 Å². The summed E-state index contributed by atoms with van der Waals surface area (Å²) in [6, 6.07) is 7.47. The number of piperidine rings is 1. The summed E-state index contributed by atoms with van der Waals surface area (Å²) in [5.41, 5.74) is 4.23. The number of hydrogen-bond acceptors (Lipinski definition) is 1. The molecule has 0 aliphatic carbocycles. The Morgan fingerprint density at radius 2 is 1.80 bits per heavy atom. The highest BCUT2D eigenvalue weighted by atomic mass is 14.9. The Morgan fingerprint density at radius 3 is 2.40 bits per heavy atom. The molecule has 0 radical (unpaired) electrons. The van der Waals surface area contributed by atoms with Crippen LogP contribution in [-0.4, -0.2) is 6.54 Å². The number of hydrogen-bond donors (Lipinski definition) is 1. The Labute approximate surface area is 92.9 Å². The molecular weight excluding hydrogens is 182 g/mol. The van der Waals surface area contributed by atoms with E-state index in [9.17, 15) is 0 Å². The molecule has 1 saturated heterocycles. The molecule has 0 spiro atoms. The standard InChI is InChI=1S/C14H21N/c1-10-7-11(2)9-13(8-10)14-12(3)5-4-6-15-14/h7-9,12,14-15H,4-6H2,1-3H3. The van der Waals surface area contributed by atoms with Gasteiger partial charge in [0, 0.05) is 6.04 Å². The van der Waals surface area contributed by atoms with Crippen molar-refractivity contribution in [3.8, 4) is 0 Å². The lowest BCUT2D eigenvalue weighted by molar-refractivity contribution is 0.306. The smallest absolute Gasteiger partial charge is 0.0346 e. The van der Waals surface area contributed by atoms with Gasteiger partial charge < -0.3 is 5.32 Å². The molecule has 2 unspecified atom stereocenters. The van der Waals surface area contributed by atoms with Crippen LogP contribution in [0.25, 0.3) is 0 Å². The second-order valence-electron chi connectivity index (χ2n) is 4.97. The Morgan fingerprint density at radius 1 is 1.13 bits per heavy atom. The first-order valence-electron chi connectivity index (χ1n) is 5.98. The Hall–Kier alpha value is -0.820. The fraction of sp³-hybridized carbons (Fsp3) is 0.571. The van der Waals surface area contributed by atoms with Crippen LogP contribution in [0.2, 0.25) is 0 Å². The van der Waals surface area contributed by atoms with Crippen LogP contribution in [0.5, 0.6) is 0 Å². The van der Waals surface area contributed by atoms with Crippen molar-refractivity contribution in [3.05, 3.63) is 34.9 Å². The molecule has 0 saturated carbocycles. The summed E-state index contributed by atoms with van der Waals surface area (Å²) in [6.45, 7) is 7.89. The van der Waals surface area contributed by atoms with Crippen LogP contribution in [0.15, 0.2) is 18.2 Å². The van der Waals surface area contributed by atoms with Gasteiger partial charge in [-0.3, -0.25) is 0 Å². The highest BCUT2D eigenvalue weighted by Gasteiger charge is 2.22. The van der Waals surface area contributed by atoms with Gasteiger partial charge in [0.25, 0.3) is 0 Å². The molecule has 82 valence electrons. The second-order valence-corrected chi connectivity index (χ2v) is 4.97. The number of benzene rings is 1. The van der Waals surface area contributed by atoms with Crippen LogP contribution < -0.4 is 5.32 Å². The zero-order valence-electron chi connectivity index (χ0n) is 10.0. The Bertz CT molecular complexity index is 323. The summed E-state index contributed by atoms with van der Waals surface area (Å²) < 4.78 is 0. The minimum absolute atomic E-state index is 0.567. The van der Waals surface area contributed by atoms with Gasteiger partial charge in [-0.15, -0.1) is 0 Å². The maximum atomic E-state index is 3.64. The molecule has 1 N–H and O–H groups in total. The van der Waals surface area contributed by atoms with Gasteiger partial charge in [0.15, 0.2) is 0 Å². The van der Waals surface area contributed by atoms with Crippen molar-refractivity contribution in [2.45, 2.75) is 39.7 Å². The number of rotatable bonds is 1. The molecule has 0 aromatic heterocycles. The molecule has 1 aliphatic heterocycles. The second kappa shape index (κ2) is 4.36. The fourth-order valence-electron chi connectivity index (χ4n) is 2.69. The quantitative estimate of drug-likeness (QED) is 0.738. The largest absolute Gasteiger partial charge is 0.310 e. The molecule has 15 heavy (non-hydrogen) atoms. The normalized spacial score (nSPS) is 26.6. The van der Waals surface area contributed by atoms with Crippen LogP contribution in [-0.2, 0) is 0 Å². The molecule has 1 aromatic rings. The first-order valence-corrected chi connectivity index (χ1v) is 5.98. The average Bonchev–Trinajstić information content (AvgIpc) is 2.16. The van der Waals surface area contributed by atoms with E-state index in [2.05, 4.69) is 44.3 Å². The SMILES string of the molecule is Cc1cc(C)cc(C2NCCCC2C)c1. The Balaban J connectivity index is 2.27. The zero-order chi connectivity index (χ0) is 10.8. The van der Waals surface area contributed by atoms with E-state index in [0.717, 1.165) is 5.92 Å². The van der Waals surface area contributed by atoms with Crippen molar-refractivity contribution < 1.29 is 0 Å². The first-order chi connectivity index (χ1) is 7.16. The van der Waals surface area contributed by atoms with Gasteiger partial charge in [-0.05, 0) is 44.7 Å². The Kier molecular flexibility index (Phi) is 3.11. The third-order valence-corrected chi connectivity index (χ3v) is 3.37. The average molecular weight is 203 g/mol. The van der Waals surface area contributed by atoms with Crippen LogP contribution in [0.1, 0.15) is 42.5 Å².